The van der Waals surface area contributed by atoms with Crippen LogP contribution in [0.4, 0.5) is 5.69 Å². The van der Waals surface area contributed by atoms with E-state index < -0.39 is 40.0 Å². The summed E-state index contributed by atoms with van der Waals surface area (Å²) in [4.78, 5) is 36.3. The van der Waals surface area contributed by atoms with E-state index in [2.05, 4.69) is 10.6 Å². The van der Waals surface area contributed by atoms with Crippen molar-refractivity contribution in [1.82, 2.24) is 5.32 Å². The van der Waals surface area contributed by atoms with Crippen molar-refractivity contribution in [3.8, 4) is 0 Å². The lowest BCUT2D eigenvalue weighted by Crippen LogP contribution is -2.42. The van der Waals surface area contributed by atoms with Crippen LogP contribution in [0, 0.1) is 0 Å². The largest absolute Gasteiger partial charge is 0.451 e. The Kier molecular flexibility index (Phi) is 7.08. The lowest BCUT2D eigenvalue weighted by atomic mass is 10.2. The first-order valence-electron chi connectivity index (χ1n) is 8.58. The normalized spacial score (nSPS) is 13.1. The third kappa shape index (κ3) is 6.40. The number of amides is 2. The zero-order valence-corrected chi connectivity index (χ0v) is 16.6. The molecule has 0 radical (unpaired) electrons. The summed E-state index contributed by atoms with van der Waals surface area (Å²) >= 11 is 0. The molecule has 0 heterocycles. The van der Waals surface area contributed by atoms with E-state index in [1.54, 1.807) is 30.3 Å². The standard InChI is InChI=1S/C19H21N3O6S/c1-12(21-18(24)14-6-4-3-5-7-14)19(25)28-13(2)17(23)22-15-8-10-16(11-9-15)29(20,26)27/h3-13H,1-2H3,(H,21,24)(H,22,23)(H2,20,26,27). The fraction of sp³-hybridized carbons (Fsp3) is 0.211. The van der Waals surface area contributed by atoms with Gasteiger partial charge in [0.05, 0.1) is 4.90 Å². The Hall–Kier alpha value is -3.24. The highest BCUT2D eigenvalue weighted by molar-refractivity contribution is 7.89. The van der Waals surface area contributed by atoms with Gasteiger partial charge in [0, 0.05) is 11.3 Å². The number of benzene rings is 2. The van der Waals surface area contributed by atoms with Crippen LogP contribution >= 0.6 is 0 Å². The van der Waals surface area contributed by atoms with Gasteiger partial charge in [-0.1, -0.05) is 18.2 Å². The van der Waals surface area contributed by atoms with E-state index in [4.69, 9.17) is 9.88 Å². The number of primary sulfonamides is 1. The highest BCUT2D eigenvalue weighted by Gasteiger charge is 2.23. The Bertz CT molecular complexity index is 990. The number of hydrogen-bond donors (Lipinski definition) is 3. The molecule has 0 saturated carbocycles. The Morgan fingerprint density at radius 1 is 0.966 bits per heavy atom. The molecule has 2 amide bonds. The number of anilines is 1. The van der Waals surface area contributed by atoms with Crippen molar-refractivity contribution in [2.75, 3.05) is 5.32 Å². The molecule has 154 valence electrons. The molecule has 2 atom stereocenters. The van der Waals surface area contributed by atoms with Gasteiger partial charge in [0.1, 0.15) is 6.04 Å². The fourth-order valence-electron chi connectivity index (χ4n) is 2.23. The summed E-state index contributed by atoms with van der Waals surface area (Å²) in [6.45, 7) is 2.82. The molecule has 2 rings (SSSR count). The number of ether oxygens (including phenoxy) is 1. The average Bonchev–Trinajstić information content (AvgIpc) is 2.68. The van der Waals surface area contributed by atoms with Gasteiger partial charge in [-0.05, 0) is 50.2 Å². The van der Waals surface area contributed by atoms with Gasteiger partial charge in [0.25, 0.3) is 11.8 Å². The molecule has 0 aliphatic rings. The highest BCUT2D eigenvalue weighted by atomic mass is 32.2. The summed E-state index contributed by atoms with van der Waals surface area (Å²) in [6.07, 6.45) is -1.14. The molecular weight excluding hydrogens is 398 g/mol. The number of hydrogen-bond acceptors (Lipinski definition) is 6. The van der Waals surface area contributed by atoms with E-state index in [-0.39, 0.29) is 4.90 Å². The van der Waals surface area contributed by atoms with Gasteiger partial charge in [-0.2, -0.15) is 0 Å². The van der Waals surface area contributed by atoms with Crippen molar-refractivity contribution in [2.45, 2.75) is 30.9 Å². The van der Waals surface area contributed by atoms with Crippen LogP contribution in [0.5, 0.6) is 0 Å². The first-order valence-corrected chi connectivity index (χ1v) is 10.1. The number of nitrogens with one attached hydrogen (secondary N) is 2. The first kappa shape index (κ1) is 22.1. The first-order chi connectivity index (χ1) is 13.6. The second kappa shape index (κ2) is 9.30. The molecule has 2 aromatic rings. The van der Waals surface area contributed by atoms with Gasteiger partial charge < -0.3 is 15.4 Å². The van der Waals surface area contributed by atoms with Crippen LogP contribution in [0.25, 0.3) is 0 Å². The second-order valence-electron chi connectivity index (χ2n) is 6.20. The van der Waals surface area contributed by atoms with Crippen molar-refractivity contribution in [2.24, 2.45) is 5.14 Å². The highest BCUT2D eigenvalue weighted by Crippen LogP contribution is 2.13. The summed E-state index contributed by atoms with van der Waals surface area (Å²) in [7, 11) is -3.84. The average molecular weight is 419 g/mol. The van der Waals surface area contributed by atoms with Crippen LogP contribution in [0.15, 0.2) is 59.5 Å². The predicted molar refractivity (Wildman–Crippen MR) is 105 cm³/mol. The zero-order chi connectivity index (χ0) is 21.6. The summed E-state index contributed by atoms with van der Waals surface area (Å²) in [5.74, 6) is -1.84. The second-order valence-corrected chi connectivity index (χ2v) is 7.76. The smallest absolute Gasteiger partial charge is 0.329 e. The van der Waals surface area contributed by atoms with Crippen molar-refractivity contribution in [1.29, 1.82) is 0 Å². The Morgan fingerprint density at radius 3 is 2.10 bits per heavy atom. The van der Waals surface area contributed by atoms with Crippen molar-refractivity contribution >= 4 is 33.5 Å². The molecule has 0 aliphatic heterocycles. The minimum absolute atomic E-state index is 0.0991. The summed E-state index contributed by atoms with van der Waals surface area (Å²) in [5.41, 5.74) is 0.691. The van der Waals surface area contributed by atoms with E-state index in [9.17, 15) is 22.8 Å². The monoisotopic (exact) mass is 419 g/mol. The third-order valence-electron chi connectivity index (χ3n) is 3.85. The molecule has 2 unspecified atom stereocenters. The van der Waals surface area contributed by atoms with Gasteiger partial charge >= 0.3 is 5.97 Å². The van der Waals surface area contributed by atoms with E-state index in [1.165, 1.54) is 38.1 Å². The summed E-state index contributed by atoms with van der Waals surface area (Å²) in [6, 6.07) is 12.6. The number of carbonyl (C=O) groups excluding carboxylic acids is 3. The van der Waals surface area contributed by atoms with Crippen molar-refractivity contribution in [3.63, 3.8) is 0 Å². The van der Waals surface area contributed by atoms with Crippen molar-refractivity contribution < 1.29 is 27.5 Å². The van der Waals surface area contributed by atoms with E-state index >= 15 is 0 Å². The molecule has 0 saturated heterocycles. The maximum absolute atomic E-state index is 12.2. The Labute approximate surface area is 168 Å². The third-order valence-corrected chi connectivity index (χ3v) is 4.78. The Balaban J connectivity index is 1.89. The minimum atomic E-state index is -3.84. The fourth-order valence-corrected chi connectivity index (χ4v) is 2.75. The molecule has 2 aromatic carbocycles. The van der Waals surface area contributed by atoms with Gasteiger partial charge in [-0.25, -0.2) is 18.4 Å². The molecule has 9 nitrogen and oxygen atoms in total. The van der Waals surface area contributed by atoms with Gasteiger partial charge in [0.15, 0.2) is 6.10 Å². The molecule has 4 N–H and O–H groups in total. The van der Waals surface area contributed by atoms with E-state index in [0.717, 1.165) is 0 Å². The quantitative estimate of drug-likeness (QED) is 0.572. The molecule has 0 spiro atoms. The molecule has 0 bridgehead atoms. The maximum Gasteiger partial charge on any atom is 0.329 e. The molecule has 29 heavy (non-hydrogen) atoms. The van der Waals surface area contributed by atoms with Crippen LogP contribution in [-0.2, 0) is 24.3 Å². The molecule has 0 aromatic heterocycles. The molecule has 0 fully saturated rings. The number of rotatable bonds is 7. The van der Waals surface area contributed by atoms with Gasteiger partial charge in [-0.3, -0.25) is 9.59 Å². The van der Waals surface area contributed by atoms with Crippen LogP contribution in [0.1, 0.15) is 24.2 Å². The lowest BCUT2D eigenvalue weighted by molar-refractivity contribution is -0.154. The van der Waals surface area contributed by atoms with Crippen LogP contribution < -0.4 is 15.8 Å². The predicted octanol–water partition coefficient (Wildman–Crippen LogP) is 1.02. The number of sulfonamides is 1. The molecule has 10 heteroatoms. The van der Waals surface area contributed by atoms with E-state index in [0.29, 0.717) is 11.3 Å². The summed E-state index contributed by atoms with van der Waals surface area (Å²) in [5, 5.41) is 10.00. The zero-order valence-electron chi connectivity index (χ0n) is 15.8. The lowest BCUT2D eigenvalue weighted by Gasteiger charge is -2.17. The molecule has 0 aliphatic carbocycles. The van der Waals surface area contributed by atoms with Crippen LogP contribution in [0.2, 0.25) is 0 Å². The number of carbonyl (C=O) groups is 3. The number of esters is 1. The van der Waals surface area contributed by atoms with Crippen molar-refractivity contribution in [3.05, 3.63) is 60.2 Å². The molecular formula is C19H21N3O6S. The summed E-state index contributed by atoms with van der Waals surface area (Å²) < 4.78 is 27.5. The topological polar surface area (TPSA) is 145 Å². The van der Waals surface area contributed by atoms with E-state index in [1.807, 2.05) is 0 Å². The van der Waals surface area contributed by atoms with Gasteiger partial charge in [-0.15, -0.1) is 0 Å². The maximum atomic E-state index is 12.2. The SMILES string of the molecule is CC(NC(=O)c1ccccc1)C(=O)OC(C)C(=O)Nc1ccc(S(N)(=O)=O)cc1. The number of nitrogens with two attached hydrogens (primary N) is 1. The minimum Gasteiger partial charge on any atom is -0.451 e. The van der Waals surface area contributed by atoms with Crippen LogP contribution in [0.3, 0.4) is 0 Å². The van der Waals surface area contributed by atoms with Gasteiger partial charge in [0.2, 0.25) is 10.0 Å². The Morgan fingerprint density at radius 2 is 1.55 bits per heavy atom. The van der Waals surface area contributed by atoms with Crippen LogP contribution in [-0.4, -0.2) is 38.3 Å².